The van der Waals surface area contributed by atoms with E-state index in [2.05, 4.69) is 12.2 Å². The highest BCUT2D eigenvalue weighted by molar-refractivity contribution is 5.56. The molecule has 0 bridgehead atoms. The quantitative estimate of drug-likeness (QED) is 0.657. The Labute approximate surface area is 133 Å². The molecule has 0 radical (unpaired) electrons. The molecule has 0 atom stereocenters. The van der Waals surface area contributed by atoms with Gasteiger partial charge in [0.1, 0.15) is 0 Å². The molecule has 2 fully saturated rings. The Morgan fingerprint density at radius 2 is 1.77 bits per heavy atom. The summed E-state index contributed by atoms with van der Waals surface area (Å²) in [5.41, 5.74) is 1.69. The summed E-state index contributed by atoms with van der Waals surface area (Å²) in [6, 6.07) is 3.79. The molecule has 2 aliphatic rings. The molecule has 2 saturated carbocycles. The molecule has 1 aromatic carbocycles. The molecule has 0 heterocycles. The van der Waals surface area contributed by atoms with Crippen LogP contribution < -0.4 is 4.74 Å². The van der Waals surface area contributed by atoms with E-state index >= 15 is 0 Å². The summed E-state index contributed by atoms with van der Waals surface area (Å²) < 4.78 is 20.2. The van der Waals surface area contributed by atoms with Gasteiger partial charge in [0.15, 0.2) is 11.6 Å². The average molecular weight is 302 g/mol. The third-order valence-electron chi connectivity index (χ3n) is 5.29. The molecular weight excluding hydrogens is 275 g/mol. The first kappa shape index (κ1) is 15.6. The van der Waals surface area contributed by atoms with Crippen molar-refractivity contribution in [2.45, 2.75) is 58.3 Å². The molecule has 2 aliphatic carbocycles. The van der Waals surface area contributed by atoms with Crippen LogP contribution in [0.1, 0.15) is 62.5 Å². The van der Waals surface area contributed by atoms with E-state index in [0.717, 1.165) is 5.56 Å². The monoisotopic (exact) mass is 302 g/mol. The van der Waals surface area contributed by atoms with Gasteiger partial charge in [-0.05, 0) is 61.6 Å². The van der Waals surface area contributed by atoms with Crippen LogP contribution in [0.25, 0.3) is 6.08 Å². The lowest BCUT2D eigenvalue weighted by atomic mass is 10.0. The van der Waals surface area contributed by atoms with E-state index < -0.39 is 0 Å². The third-order valence-corrected chi connectivity index (χ3v) is 5.29. The fourth-order valence-electron chi connectivity index (χ4n) is 3.74. The molecule has 1 nitrogen and oxygen atoms in total. The molecule has 0 unspecified atom stereocenters. The lowest BCUT2D eigenvalue weighted by Crippen LogP contribution is -2.09. The zero-order chi connectivity index (χ0) is 15.4. The van der Waals surface area contributed by atoms with E-state index in [9.17, 15) is 4.39 Å². The minimum absolute atomic E-state index is 0.188. The summed E-state index contributed by atoms with van der Waals surface area (Å²) in [6.45, 7) is 2.51. The minimum atomic E-state index is -0.188. The lowest BCUT2D eigenvalue weighted by molar-refractivity contribution is 0.241. The van der Waals surface area contributed by atoms with Crippen LogP contribution in [0.3, 0.4) is 0 Å². The maximum Gasteiger partial charge on any atom is 0.168 e. The first-order valence-electron chi connectivity index (χ1n) is 8.84. The zero-order valence-electron chi connectivity index (χ0n) is 13.6. The van der Waals surface area contributed by atoms with Gasteiger partial charge in [-0.2, -0.15) is 0 Å². The van der Waals surface area contributed by atoms with Crippen molar-refractivity contribution in [2.24, 2.45) is 11.8 Å². The maximum atomic E-state index is 14.5. The molecule has 0 aliphatic heterocycles. The number of rotatable bonds is 5. The highest BCUT2D eigenvalue weighted by Crippen LogP contribution is 2.30. The highest BCUT2D eigenvalue weighted by Gasteiger charge is 2.17. The Hall–Kier alpha value is -1.31. The van der Waals surface area contributed by atoms with Crippen molar-refractivity contribution in [3.8, 4) is 5.75 Å². The normalized spacial score (nSPS) is 20.3. The van der Waals surface area contributed by atoms with Gasteiger partial charge < -0.3 is 4.74 Å². The summed E-state index contributed by atoms with van der Waals surface area (Å²) in [5, 5.41) is 0. The summed E-state index contributed by atoms with van der Waals surface area (Å²) in [7, 11) is 0. The van der Waals surface area contributed by atoms with E-state index in [-0.39, 0.29) is 5.82 Å². The largest absolute Gasteiger partial charge is 0.490 e. The first-order valence-corrected chi connectivity index (χ1v) is 8.84. The van der Waals surface area contributed by atoms with Gasteiger partial charge >= 0.3 is 0 Å². The Kier molecular flexibility index (Phi) is 5.17. The second-order valence-electron chi connectivity index (χ2n) is 6.96. The summed E-state index contributed by atoms with van der Waals surface area (Å²) in [5.74, 6) is 1.52. The standard InChI is InChI=1S/C20H27FO/c1-15-18(11-10-16-6-2-3-7-16)12-13-19(20(15)21)22-14-17-8-4-5-9-17/h10-13,16-17H,2-9,14H2,1H3/b11-10+. The van der Waals surface area contributed by atoms with E-state index in [0.29, 0.717) is 29.8 Å². The van der Waals surface area contributed by atoms with Crippen LogP contribution in [-0.4, -0.2) is 6.61 Å². The Morgan fingerprint density at radius 1 is 1.09 bits per heavy atom. The second-order valence-corrected chi connectivity index (χ2v) is 6.96. The summed E-state index contributed by atoms with van der Waals surface area (Å²) in [4.78, 5) is 0. The van der Waals surface area contributed by atoms with Crippen LogP contribution >= 0.6 is 0 Å². The molecule has 120 valence electrons. The molecule has 0 amide bonds. The van der Waals surface area contributed by atoms with Crippen molar-refractivity contribution in [1.29, 1.82) is 0 Å². The predicted octanol–water partition coefficient (Wildman–Crippen LogP) is 5.91. The van der Waals surface area contributed by atoms with E-state index in [1.165, 1.54) is 51.4 Å². The van der Waals surface area contributed by atoms with Gasteiger partial charge in [0.2, 0.25) is 0 Å². The van der Waals surface area contributed by atoms with Crippen LogP contribution in [-0.2, 0) is 0 Å². The zero-order valence-corrected chi connectivity index (χ0v) is 13.6. The maximum absolute atomic E-state index is 14.5. The smallest absolute Gasteiger partial charge is 0.168 e. The van der Waals surface area contributed by atoms with Gasteiger partial charge in [-0.25, -0.2) is 4.39 Å². The van der Waals surface area contributed by atoms with E-state index in [1.54, 1.807) is 6.07 Å². The van der Waals surface area contributed by atoms with Gasteiger partial charge in [0.25, 0.3) is 0 Å². The summed E-state index contributed by atoms with van der Waals surface area (Å²) in [6.07, 6.45) is 14.6. The van der Waals surface area contributed by atoms with Crippen molar-refractivity contribution in [3.05, 3.63) is 35.2 Å². The van der Waals surface area contributed by atoms with E-state index in [4.69, 9.17) is 4.74 Å². The predicted molar refractivity (Wildman–Crippen MR) is 89.6 cm³/mol. The van der Waals surface area contributed by atoms with Crippen molar-refractivity contribution in [2.75, 3.05) is 6.61 Å². The molecular formula is C20H27FO. The molecule has 0 N–H and O–H groups in total. The van der Waals surface area contributed by atoms with Gasteiger partial charge in [-0.1, -0.05) is 43.9 Å². The SMILES string of the molecule is Cc1c(/C=C/C2CCCC2)ccc(OCC2CCCC2)c1F. The number of allylic oxidation sites excluding steroid dienone is 1. The van der Waals surface area contributed by atoms with Crippen molar-refractivity contribution in [3.63, 3.8) is 0 Å². The second kappa shape index (κ2) is 7.30. The first-order chi connectivity index (χ1) is 10.7. The number of hydrogen-bond acceptors (Lipinski definition) is 1. The molecule has 0 aromatic heterocycles. The number of benzene rings is 1. The van der Waals surface area contributed by atoms with Crippen molar-refractivity contribution in [1.82, 2.24) is 0 Å². The van der Waals surface area contributed by atoms with E-state index in [1.807, 2.05) is 13.0 Å². The Balaban J connectivity index is 1.64. The highest BCUT2D eigenvalue weighted by atomic mass is 19.1. The van der Waals surface area contributed by atoms with Crippen LogP contribution in [0.2, 0.25) is 0 Å². The average Bonchev–Trinajstić information content (AvgIpc) is 3.20. The molecule has 0 saturated heterocycles. The van der Waals surface area contributed by atoms with Crippen LogP contribution in [0.5, 0.6) is 5.75 Å². The topological polar surface area (TPSA) is 9.23 Å². The minimum Gasteiger partial charge on any atom is -0.490 e. The van der Waals surface area contributed by atoms with Crippen LogP contribution in [0.4, 0.5) is 4.39 Å². The third kappa shape index (κ3) is 3.71. The fraction of sp³-hybridized carbons (Fsp3) is 0.600. The lowest BCUT2D eigenvalue weighted by Gasteiger charge is -2.14. The van der Waals surface area contributed by atoms with Gasteiger partial charge in [0, 0.05) is 0 Å². The fourth-order valence-corrected chi connectivity index (χ4v) is 3.74. The molecule has 22 heavy (non-hydrogen) atoms. The van der Waals surface area contributed by atoms with Crippen LogP contribution in [0, 0.1) is 24.6 Å². The van der Waals surface area contributed by atoms with Crippen molar-refractivity contribution >= 4 is 6.08 Å². The molecule has 2 heteroatoms. The summed E-state index contributed by atoms with van der Waals surface area (Å²) >= 11 is 0. The Bertz CT molecular complexity index is 523. The molecule has 3 rings (SSSR count). The van der Waals surface area contributed by atoms with Crippen molar-refractivity contribution < 1.29 is 9.13 Å². The van der Waals surface area contributed by atoms with Gasteiger partial charge in [-0.3, -0.25) is 0 Å². The molecule has 0 spiro atoms. The van der Waals surface area contributed by atoms with Crippen LogP contribution in [0.15, 0.2) is 18.2 Å². The van der Waals surface area contributed by atoms with Gasteiger partial charge in [-0.15, -0.1) is 0 Å². The number of halogens is 1. The number of ether oxygens (including phenoxy) is 1. The van der Waals surface area contributed by atoms with Gasteiger partial charge in [0.05, 0.1) is 6.61 Å². The number of hydrogen-bond donors (Lipinski definition) is 0. The molecule has 1 aromatic rings. The Morgan fingerprint density at radius 3 is 2.50 bits per heavy atom.